The second-order valence-corrected chi connectivity index (χ2v) is 17.9. The highest BCUT2D eigenvalue weighted by Crippen LogP contribution is 2.47. The van der Waals surface area contributed by atoms with Gasteiger partial charge in [0.2, 0.25) is 5.95 Å². The number of nitrogens with zero attached hydrogens (tertiary/aromatic N) is 5. The van der Waals surface area contributed by atoms with Gasteiger partial charge >= 0.3 is 0 Å². The third-order valence-corrected chi connectivity index (χ3v) is 14.0. The summed E-state index contributed by atoms with van der Waals surface area (Å²) >= 11 is 0. The maximum absolute atomic E-state index is 5.24. The van der Waals surface area contributed by atoms with Gasteiger partial charge in [-0.25, -0.2) is 4.98 Å². The van der Waals surface area contributed by atoms with Gasteiger partial charge in [0.1, 0.15) is 0 Å². The van der Waals surface area contributed by atoms with Crippen LogP contribution in [0.5, 0.6) is 0 Å². The molecule has 69 heavy (non-hydrogen) atoms. The molecule has 0 unspecified atom stereocenters. The molecule has 0 aliphatic heterocycles. The molecule has 0 amide bonds. The molecule has 0 fully saturated rings. The molecule has 0 saturated heterocycles. The molecule has 0 bridgehead atoms. The summed E-state index contributed by atoms with van der Waals surface area (Å²) in [5.41, 5.74) is 20.1. The Balaban J connectivity index is 1.00. The van der Waals surface area contributed by atoms with Crippen LogP contribution in [0.3, 0.4) is 0 Å². The summed E-state index contributed by atoms with van der Waals surface area (Å²) in [5, 5.41) is 4.67. The van der Waals surface area contributed by atoms with Gasteiger partial charge in [0.05, 0.1) is 22.1 Å². The van der Waals surface area contributed by atoms with Gasteiger partial charge in [0.15, 0.2) is 11.6 Å². The van der Waals surface area contributed by atoms with Crippen molar-refractivity contribution >= 4 is 43.6 Å². The van der Waals surface area contributed by atoms with Gasteiger partial charge in [0, 0.05) is 38.4 Å². The minimum absolute atomic E-state index is 0.575. The summed E-state index contributed by atoms with van der Waals surface area (Å²) in [7, 11) is 0. The lowest BCUT2D eigenvalue weighted by Gasteiger charge is -2.16. The van der Waals surface area contributed by atoms with Crippen LogP contribution in [0.2, 0.25) is 0 Å². The molecule has 1 aliphatic carbocycles. The molecule has 3 heterocycles. The van der Waals surface area contributed by atoms with Crippen molar-refractivity contribution in [2.75, 3.05) is 0 Å². The Morgan fingerprint density at radius 1 is 0.290 bits per heavy atom. The van der Waals surface area contributed by atoms with E-state index in [1.165, 1.54) is 66.4 Å². The number of aromatic nitrogens is 5. The summed E-state index contributed by atoms with van der Waals surface area (Å²) in [5.74, 6) is 1.83. The molecule has 3 aromatic heterocycles. The maximum atomic E-state index is 5.24. The van der Waals surface area contributed by atoms with E-state index in [-0.39, 0.29) is 0 Å². The van der Waals surface area contributed by atoms with Crippen LogP contribution in [0.15, 0.2) is 237 Å². The zero-order valence-electron chi connectivity index (χ0n) is 37.5. The lowest BCUT2D eigenvalue weighted by molar-refractivity contribution is 0.953. The van der Waals surface area contributed by atoms with Crippen molar-refractivity contribution in [3.63, 3.8) is 0 Å². The van der Waals surface area contributed by atoms with Gasteiger partial charge in [0.25, 0.3) is 0 Å². The minimum atomic E-state index is 0.575. The first kappa shape index (κ1) is 39.0. The van der Waals surface area contributed by atoms with Crippen LogP contribution < -0.4 is 0 Å². The van der Waals surface area contributed by atoms with E-state index in [1.54, 1.807) is 0 Å². The van der Waals surface area contributed by atoms with Crippen molar-refractivity contribution in [3.8, 4) is 78.9 Å². The van der Waals surface area contributed by atoms with Crippen LogP contribution in [-0.4, -0.2) is 24.1 Å². The Kier molecular flexibility index (Phi) is 8.89. The molecule has 1 aliphatic rings. The van der Waals surface area contributed by atoms with Crippen LogP contribution in [0.25, 0.3) is 123 Å². The minimum Gasteiger partial charge on any atom is -0.309 e. The Labute approximate surface area is 398 Å². The number of fused-ring (bicyclic) bond motifs is 10. The van der Waals surface area contributed by atoms with Crippen LogP contribution in [0, 0.1) is 0 Å². The normalized spacial score (nSPS) is 12.0. The second-order valence-electron chi connectivity index (χ2n) is 17.9. The van der Waals surface area contributed by atoms with Crippen LogP contribution >= 0.6 is 0 Å². The monoisotopic (exact) mass is 879 g/mol. The van der Waals surface area contributed by atoms with Gasteiger partial charge < -0.3 is 4.57 Å². The standard InChI is InChI=1S/C64H41N5/c1-5-19-41(20-6-1)45-37-46(49-30-18-32-51-50-31-17-29-48(54(50)40-55(49)51)42-21-7-2-8-22-42)39-47(38-45)68-56-33-15-13-27-52(56)60-58(68)35-36-59-61(60)53-28-14-16-34-57(53)69(59)64-66-62(43-23-9-3-10-24-43)65-63(67-64)44-25-11-4-12-26-44/h1-39H,40H2. The topological polar surface area (TPSA) is 48.5 Å². The summed E-state index contributed by atoms with van der Waals surface area (Å²) in [4.78, 5) is 15.5. The fourth-order valence-electron chi connectivity index (χ4n) is 11.0. The fraction of sp³-hybridized carbons (Fsp3) is 0.0156. The molecule has 0 spiro atoms. The van der Waals surface area contributed by atoms with E-state index >= 15 is 0 Å². The first-order valence-electron chi connectivity index (χ1n) is 23.6. The van der Waals surface area contributed by atoms with Crippen molar-refractivity contribution in [2.45, 2.75) is 6.42 Å². The van der Waals surface area contributed by atoms with E-state index < -0.39 is 0 Å². The van der Waals surface area contributed by atoms with Crippen LogP contribution in [0.4, 0.5) is 0 Å². The molecule has 14 rings (SSSR count). The first-order valence-corrected chi connectivity index (χ1v) is 23.6. The van der Waals surface area contributed by atoms with Gasteiger partial charge in [-0.05, 0) is 105 Å². The Morgan fingerprint density at radius 2 is 0.725 bits per heavy atom. The molecule has 322 valence electrons. The molecule has 0 atom stereocenters. The SMILES string of the molecule is c1ccc(-c2cc(-c3cccc4c3Cc3c(-c5ccccc5)cccc3-4)cc(-n3c4ccccc4c4c5c6ccccc6n(-c6nc(-c7ccccc7)nc(-c7ccccc7)n6)c5ccc43)c2)cc1. The molecular weight excluding hydrogens is 839 g/mol. The van der Waals surface area contributed by atoms with E-state index in [0.29, 0.717) is 17.6 Å². The average Bonchev–Trinajstić information content (AvgIpc) is 4.09. The number of hydrogen-bond acceptors (Lipinski definition) is 3. The van der Waals surface area contributed by atoms with Gasteiger partial charge in [-0.1, -0.05) is 194 Å². The summed E-state index contributed by atoms with van der Waals surface area (Å²) in [6, 6.07) is 84.9. The molecule has 0 saturated carbocycles. The van der Waals surface area contributed by atoms with Crippen molar-refractivity contribution in [2.24, 2.45) is 0 Å². The van der Waals surface area contributed by atoms with Gasteiger partial charge in [-0.2, -0.15) is 9.97 Å². The molecule has 10 aromatic carbocycles. The van der Waals surface area contributed by atoms with Gasteiger partial charge in [-0.15, -0.1) is 0 Å². The number of para-hydroxylation sites is 2. The van der Waals surface area contributed by atoms with Crippen molar-refractivity contribution < 1.29 is 0 Å². The lowest BCUT2D eigenvalue weighted by atomic mass is 9.92. The highest BCUT2D eigenvalue weighted by Gasteiger charge is 2.26. The number of hydrogen-bond donors (Lipinski definition) is 0. The van der Waals surface area contributed by atoms with Gasteiger partial charge in [-0.3, -0.25) is 4.57 Å². The largest absolute Gasteiger partial charge is 0.309 e. The molecule has 0 N–H and O–H groups in total. The van der Waals surface area contributed by atoms with Crippen LogP contribution in [0.1, 0.15) is 11.1 Å². The third-order valence-electron chi connectivity index (χ3n) is 14.0. The Hall–Kier alpha value is -9.19. The van der Waals surface area contributed by atoms with Crippen molar-refractivity contribution in [1.82, 2.24) is 24.1 Å². The summed E-state index contributed by atoms with van der Waals surface area (Å²) in [6.07, 6.45) is 0.870. The quantitative estimate of drug-likeness (QED) is 0.160. The van der Waals surface area contributed by atoms with E-state index in [0.717, 1.165) is 56.1 Å². The molecule has 5 heteroatoms. The Bertz CT molecular complexity index is 4080. The summed E-state index contributed by atoms with van der Waals surface area (Å²) < 4.78 is 4.70. The smallest absolute Gasteiger partial charge is 0.238 e. The second kappa shape index (κ2) is 15.7. The molecule has 13 aromatic rings. The molecule has 0 radical (unpaired) electrons. The predicted octanol–water partition coefficient (Wildman–Crippen LogP) is 16.0. The fourth-order valence-corrected chi connectivity index (χ4v) is 11.0. The lowest BCUT2D eigenvalue weighted by Crippen LogP contribution is -2.06. The van der Waals surface area contributed by atoms with E-state index in [4.69, 9.17) is 15.0 Å². The highest BCUT2D eigenvalue weighted by molar-refractivity contribution is 6.29. The average molecular weight is 880 g/mol. The predicted molar refractivity (Wildman–Crippen MR) is 284 cm³/mol. The zero-order valence-corrected chi connectivity index (χ0v) is 37.5. The third kappa shape index (κ3) is 6.28. The van der Waals surface area contributed by atoms with E-state index in [1.807, 2.05) is 36.4 Å². The summed E-state index contributed by atoms with van der Waals surface area (Å²) in [6.45, 7) is 0. The maximum Gasteiger partial charge on any atom is 0.238 e. The molecular formula is C64H41N5. The number of benzene rings is 10. The number of rotatable bonds is 7. The van der Waals surface area contributed by atoms with Crippen molar-refractivity contribution in [3.05, 3.63) is 248 Å². The highest BCUT2D eigenvalue weighted by atomic mass is 15.2. The molecule has 5 nitrogen and oxygen atoms in total. The van der Waals surface area contributed by atoms with E-state index in [9.17, 15) is 0 Å². The van der Waals surface area contributed by atoms with E-state index in [2.05, 4.69) is 209 Å². The zero-order chi connectivity index (χ0) is 45.4. The van der Waals surface area contributed by atoms with Crippen molar-refractivity contribution in [1.29, 1.82) is 0 Å². The Morgan fingerprint density at radius 3 is 1.29 bits per heavy atom. The van der Waals surface area contributed by atoms with Crippen LogP contribution in [-0.2, 0) is 6.42 Å². The first-order chi connectivity index (χ1) is 34.2.